The molecule has 0 N–H and O–H groups in total. The van der Waals surface area contributed by atoms with E-state index in [1.54, 1.807) is 36.4 Å². The van der Waals surface area contributed by atoms with E-state index in [0.717, 1.165) is 5.69 Å². The van der Waals surface area contributed by atoms with Crippen LogP contribution in [0.1, 0.15) is 23.0 Å². The van der Waals surface area contributed by atoms with Gasteiger partial charge in [-0.25, -0.2) is 0 Å². The third kappa shape index (κ3) is 4.60. The van der Waals surface area contributed by atoms with Crippen LogP contribution in [-0.2, 0) is 16.1 Å². The van der Waals surface area contributed by atoms with E-state index in [4.69, 9.17) is 4.74 Å². The van der Waals surface area contributed by atoms with Crippen molar-refractivity contribution in [1.82, 2.24) is 14.9 Å². The quantitative estimate of drug-likeness (QED) is 0.762. The van der Waals surface area contributed by atoms with Gasteiger partial charge in [0.25, 0.3) is 5.91 Å². The summed E-state index contributed by atoms with van der Waals surface area (Å²) in [7, 11) is 1.34. The number of esters is 1. The lowest BCUT2D eigenvalue weighted by Gasteiger charge is -2.24. The molecule has 1 unspecified atom stereocenters. The van der Waals surface area contributed by atoms with E-state index in [2.05, 4.69) is 9.97 Å². The summed E-state index contributed by atoms with van der Waals surface area (Å²) >= 11 is 0. The third-order valence-corrected chi connectivity index (χ3v) is 3.37. The average molecular weight is 313 g/mol. The lowest BCUT2D eigenvalue weighted by atomic mass is 10.1. The number of hydrogen-bond acceptors (Lipinski definition) is 5. The predicted octanol–water partition coefficient (Wildman–Crippen LogP) is 1.93. The van der Waals surface area contributed by atoms with Gasteiger partial charge in [0.2, 0.25) is 0 Å². The van der Waals surface area contributed by atoms with E-state index in [0.29, 0.717) is 12.1 Å². The molecule has 23 heavy (non-hydrogen) atoms. The second kappa shape index (κ2) is 8.03. The van der Waals surface area contributed by atoms with Gasteiger partial charge in [-0.15, -0.1) is 0 Å². The van der Waals surface area contributed by atoms with E-state index in [1.807, 2.05) is 18.2 Å². The normalized spacial score (nSPS) is 11.6. The Labute approximate surface area is 135 Å². The van der Waals surface area contributed by atoms with Gasteiger partial charge >= 0.3 is 5.97 Å². The molecular weight excluding hydrogens is 294 g/mol. The molecule has 6 heteroatoms. The van der Waals surface area contributed by atoms with Crippen LogP contribution in [0, 0.1) is 5.92 Å². The average Bonchev–Trinajstić information content (AvgIpc) is 2.61. The molecule has 0 aliphatic carbocycles. The third-order valence-electron chi connectivity index (χ3n) is 3.37. The van der Waals surface area contributed by atoms with Gasteiger partial charge in [0.15, 0.2) is 0 Å². The highest BCUT2D eigenvalue weighted by molar-refractivity contribution is 5.94. The van der Waals surface area contributed by atoms with E-state index in [9.17, 15) is 9.59 Å². The highest BCUT2D eigenvalue weighted by Gasteiger charge is 2.23. The van der Waals surface area contributed by atoms with Gasteiger partial charge in [-0.05, 0) is 24.3 Å². The minimum Gasteiger partial charge on any atom is -0.469 e. The van der Waals surface area contributed by atoms with Crippen LogP contribution >= 0.6 is 0 Å². The standard InChI is InChI=1S/C17H19N3O3/c1-13(17(22)23-2)11-20(12-15-7-3-4-9-19-15)16(21)14-6-5-8-18-10-14/h3-10,13H,11-12H2,1-2H3. The molecule has 1 amide bonds. The Hall–Kier alpha value is -2.76. The Balaban J connectivity index is 2.20. The molecule has 0 aromatic carbocycles. The van der Waals surface area contributed by atoms with Crippen molar-refractivity contribution in [1.29, 1.82) is 0 Å². The number of pyridine rings is 2. The minimum absolute atomic E-state index is 0.195. The summed E-state index contributed by atoms with van der Waals surface area (Å²) in [6.45, 7) is 2.29. The number of amides is 1. The van der Waals surface area contributed by atoms with Gasteiger partial charge in [-0.1, -0.05) is 13.0 Å². The van der Waals surface area contributed by atoms with Crippen molar-refractivity contribution in [2.75, 3.05) is 13.7 Å². The Morgan fingerprint density at radius 2 is 2.04 bits per heavy atom. The lowest BCUT2D eigenvalue weighted by Crippen LogP contribution is -2.37. The molecule has 2 rings (SSSR count). The number of ether oxygens (including phenoxy) is 1. The number of carbonyl (C=O) groups excluding carboxylic acids is 2. The first-order valence-electron chi connectivity index (χ1n) is 7.29. The van der Waals surface area contributed by atoms with E-state index in [-0.39, 0.29) is 18.4 Å². The van der Waals surface area contributed by atoms with Crippen LogP contribution in [0.4, 0.5) is 0 Å². The summed E-state index contributed by atoms with van der Waals surface area (Å²) in [5.74, 6) is -0.973. The van der Waals surface area contributed by atoms with Crippen LogP contribution in [0.2, 0.25) is 0 Å². The van der Waals surface area contributed by atoms with E-state index < -0.39 is 5.92 Å². The second-order valence-electron chi connectivity index (χ2n) is 5.17. The predicted molar refractivity (Wildman–Crippen MR) is 84.4 cm³/mol. The van der Waals surface area contributed by atoms with Crippen LogP contribution in [0.15, 0.2) is 48.9 Å². The number of rotatable bonds is 6. The number of hydrogen-bond donors (Lipinski definition) is 0. The van der Waals surface area contributed by atoms with Gasteiger partial charge < -0.3 is 9.64 Å². The molecule has 1 atom stereocenters. The Morgan fingerprint density at radius 3 is 2.65 bits per heavy atom. The van der Waals surface area contributed by atoms with Gasteiger partial charge in [-0.2, -0.15) is 0 Å². The fourth-order valence-corrected chi connectivity index (χ4v) is 2.18. The van der Waals surface area contributed by atoms with Gasteiger partial charge in [0, 0.05) is 25.1 Å². The van der Waals surface area contributed by atoms with Crippen LogP contribution < -0.4 is 0 Å². The Bertz CT molecular complexity index is 647. The van der Waals surface area contributed by atoms with Gasteiger partial charge in [0.1, 0.15) is 0 Å². The topological polar surface area (TPSA) is 72.4 Å². The smallest absolute Gasteiger partial charge is 0.310 e. The monoisotopic (exact) mass is 313 g/mol. The van der Waals surface area contributed by atoms with E-state index in [1.165, 1.54) is 13.3 Å². The molecule has 0 aliphatic heterocycles. The molecule has 0 radical (unpaired) electrons. The summed E-state index contributed by atoms with van der Waals surface area (Å²) in [6, 6.07) is 8.92. The van der Waals surface area contributed by atoms with Crippen LogP contribution in [-0.4, -0.2) is 40.4 Å². The largest absolute Gasteiger partial charge is 0.469 e. The maximum Gasteiger partial charge on any atom is 0.310 e. The maximum absolute atomic E-state index is 12.7. The minimum atomic E-state index is -0.427. The molecule has 2 aromatic rings. The molecule has 2 aromatic heterocycles. The number of aromatic nitrogens is 2. The molecule has 120 valence electrons. The molecule has 2 heterocycles. The fraction of sp³-hybridized carbons (Fsp3) is 0.294. The van der Waals surface area contributed by atoms with Crippen molar-refractivity contribution in [3.8, 4) is 0 Å². The zero-order chi connectivity index (χ0) is 16.7. The SMILES string of the molecule is COC(=O)C(C)CN(Cc1ccccn1)C(=O)c1cccnc1. The van der Waals surface area contributed by atoms with Crippen molar-refractivity contribution < 1.29 is 14.3 Å². The van der Waals surface area contributed by atoms with Crippen molar-refractivity contribution >= 4 is 11.9 Å². The van der Waals surface area contributed by atoms with E-state index >= 15 is 0 Å². The highest BCUT2D eigenvalue weighted by Crippen LogP contribution is 2.11. The summed E-state index contributed by atoms with van der Waals surface area (Å²) in [6.07, 6.45) is 4.79. The Kier molecular flexibility index (Phi) is 5.80. The molecule has 0 saturated carbocycles. The van der Waals surface area contributed by atoms with Crippen molar-refractivity contribution in [2.45, 2.75) is 13.5 Å². The maximum atomic E-state index is 12.7. The van der Waals surface area contributed by atoms with Gasteiger partial charge in [-0.3, -0.25) is 19.6 Å². The summed E-state index contributed by atoms with van der Waals surface area (Å²) in [5.41, 5.74) is 1.22. The number of carbonyl (C=O) groups is 2. The van der Waals surface area contributed by atoms with Crippen molar-refractivity contribution in [2.24, 2.45) is 5.92 Å². The zero-order valence-corrected chi connectivity index (χ0v) is 13.2. The molecular formula is C17H19N3O3. The summed E-state index contributed by atoms with van der Waals surface area (Å²) in [4.78, 5) is 34.2. The van der Waals surface area contributed by atoms with Crippen LogP contribution in [0.3, 0.4) is 0 Å². The Morgan fingerprint density at radius 1 is 1.22 bits per heavy atom. The first-order chi connectivity index (χ1) is 11.1. The summed E-state index contributed by atoms with van der Waals surface area (Å²) in [5, 5.41) is 0. The number of nitrogens with zero attached hydrogens (tertiary/aromatic N) is 3. The van der Waals surface area contributed by atoms with Crippen LogP contribution in [0.5, 0.6) is 0 Å². The first-order valence-corrected chi connectivity index (χ1v) is 7.29. The lowest BCUT2D eigenvalue weighted by molar-refractivity contribution is -0.145. The molecule has 0 bridgehead atoms. The highest BCUT2D eigenvalue weighted by atomic mass is 16.5. The van der Waals surface area contributed by atoms with Gasteiger partial charge in [0.05, 0.1) is 30.8 Å². The molecule has 0 saturated heterocycles. The summed E-state index contributed by atoms with van der Waals surface area (Å²) < 4.78 is 4.74. The fourth-order valence-electron chi connectivity index (χ4n) is 2.18. The molecule has 0 aliphatic rings. The molecule has 6 nitrogen and oxygen atoms in total. The zero-order valence-electron chi connectivity index (χ0n) is 13.2. The second-order valence-corrected chi connectivity index (χ2v) is 5.17. The van der Waals surface area contributed by atoms with Crippen molar-refractivity contribution in [3.63, 3.8) is 0 Å². The number of methoxy groups -OCH3 is 1. The molecule has 0 fully saturated rings. The van der Waals surface area contributed by atoms with Crippen LogP contribution in [0.25, 0.3) is 0 Å². The first kappa shape index (κ1) is 16.6. The molecule has 0 spiro atoms. The van der Waals surface area contributed by atoms with Crippen molar-refractivity contribution in [3.05, 3.63) is 60.2 Å².